The Morgan fingerprint density at radius 2 is 1.77 bits per heavy atom. The smallest absolute Gasteiger partial charge is 0.331 e. The second-order valence-electron chi connectivity index (χ2n) is 11.3. The lowest BCUT2D eigenvalue weighted by molar-refractivity contribution is -0.160. The van der Waals surface area contributed by atoms with Crippen LogP contribution in [0, 0.1) is 16.7 Å². The fourth-order valence-corrected chi connectivity index (χ4v) is 6.27. The number of rotatable bonds is 8. The molecule has 40 heavy (non-hydrogen) atoms. The minimum absolute atomic E-state index is 0.0668. The van der Waals surface area contributed by atoms with Gasteiger partial charge in [-0.25, -0.2) is 4.79 Å². The molecule has 10 heteroatoms. The Morgan fingerprint density at radius 1 is 1.07 bits per heavy atom. The van der Waals surface area contributed by atoms with Crippen LogP contribution in [0.4, 0.5) is 0 Å². The van der Waals surface area contributed by atoms with E-state index in [1.165, 1.54) is 39.7 Å². The van der Waals surface area contributed by atoms with Crippen LogP contribution in [0.5, 0.6) is 0 Å². The standard InChI is InChI=1S/C30H36O10/c1-16-20(13-24(33)36-7)29(3,4)28(38-17(2)31)19-12-22(39-26(16)19)21-14-25(34)40-27(18-9-11-37-15-18)30(21,5)10-8-23(32)35-6/h9,11-12,14-16,20,27-28H,8,10,13H2,1-7H3. The molecule has 0 bridgehead atoms. The van der Waals surface area contributed by atoms with Gasteiger partial charge in [-0.05, 0) is 24.5 Å². The normalized spacial score (nSPS) is 27.2. The fraction of sp³-hybridized carbons (Fsp3) is 0.533. The lowest BCUT2D eigenvalue weighted by Crippen LogP contribution is -2.41. The molecule has 3 heterocycles. The first-order chi connectivity index (χ1) is 18.8. The topological polar surface area (TPSA) is 131 Å². The summed E-state index contributed by atoms with van der Waals surface area (Å²) >= 11 is 0. The summed E-state index contributed by atoms with van der Waals surface area (Å²) in [5.74, 6) is -1.39. The molecular weight excluding hydrogens is 520 g/mol. The van der Waals surface area contributed by atoms with Crippen LogP contribution in [0.15, 0.2) is 39.6 Å². The highest BCUT2D eigenvalue weighted by molar-refractivity contribution is 5.94. The van der Waals surface area contributed by atoms with E-state index in [1.54, 1.807) is 12.1 Å². The van der Waals surface area contributed by atoms with Gasteiger partial charge in [-0.2, -0.15) is 0 Å². The van der Waals surface area contributed by atoms with E-state index in [0.717, 1.165) is 0 Å². The maximum absolute atomic E-state index is 12.9. The summed E-state index contributed by atoms with van der Waals surface area (Å²) in [5.41, 5.74) is 0.269. The second kappa shape index (κ2) is 11.0. The Balaban J connectivity index is 1.86. The van der Waals surface area contributed by atoms with Crippen LogP contribution >= 0.6 is 0 Å². The first-order valence-electron chi connectivity index (χ1n) is 13.2. The van der Waals surface area contributed by atoms with Crippen LogP contribution in [0.25, 0.3) is 5.57 Å². The minimum atomic E-state index is -0.909. The zero-order valence-corrected chi connectivity index (χ0v) is 23.9. The van der Waals surface area contributed by atoms with Crippen molar-refractivity contribution in [3.05, 3.63) is 53.4 Å². The van der Waals surface area contributed by atoms with Gasteiger partial charge in [0.15, 0.2) is 0 Å². The third kappa shape index (κ3) is 5.19. The van der Waals surface area contributed by atoms with Crippen molar-refractivity contribution < 1.29 is 47.0 Å². The number of hydrogen-bond acceptors (Lipinski definition) is 10. The fourth-order valence-electron chi connectivity index (χ4n) is 6.27. The summed E-state index contributed by atoms with van der Waals surface area (Å²) in [4.78, 5) is 49.6. The number of furan rings is 2. The Morgan fingerprint density at radius 3 is 2.38 bits per heavy atom. The third-order valence-corrected chi connectivity index (χ3v) is 8.50. The zero-order valence-electron chi connectivity index (χ0n) is 23.9. The van der Waals surface area contributed by atoms with Crippen molar-refractivity contribution in [2.75, 3.05) is 14.2 Å². The monoisotopic (exact) mass is 556 g/mol. The van der Waals surface area contributed by atoms with Crippen molar-refractivity contribution in [1.29, 1.82) is 0 Å². The second-order valence-corrected chi connectivity index (χ2v) is 11.3. The highest BCUT2D eigenvalue weighted by atomic mass is 16.6. The van der Waals surface area contributed by atoms with E-state index in [9.17, 15) is 19.2 Å². The SMILES string of the molecule is COC(=O)CCC1(C)C(c2cc3c(o2)C(C)C(CC(=O)OC)C(C)(C)C3OC(C)=O)=CC(=O)OC1c1ccoc1. The van der Waals surface area contributed by atoms with Crippen molar-refractivity contribution in [3.8, 4) is 0 Å². The van der Waals surface area contributed by atoms with E-state index < -0.39 is 40.9 Å². The average Bonchev–Trinajstić information content (AvgIpc) is 3.59. The summed E-state index contributed by atoms with van der Waals surface area (Å²) in [6.45, 7) is 9.09. The summed E-state index contributed by atoms with van der Waals surface area (Å²) in [7, 11) is 2.66. The largest absolute Gasteiger partial charge is 0.472 e. The molecule has 5 atom stereocenters. The van der Waals surface area contributed by atoms with Crippen LogP contribution < -0.4 is 0 Å². The zero-order chi connectivity index (χ0) is 29.4. The third-order valence-electron chi connectivity index (χ3n) is 8.50. The first-order valence-corrected chi connectivity index (χ1v) is 13.2. The molecule has 0 N–H and O–H groups in total. The molecule has 2 aliphatic rings. The first kappa shape index (κ1) is 29.2. The molecule has 0 saturated heterocycles. The molecule has 10 nitrogen and oxygen atoms in total. The van der Waals surface area contributed by atoms with Gasteiger partial charge in [0.05, 0.1) is 26.7 Å². The molecule has 4 rings (SSSR count). The van der Waals surface area contributed by atoms with Gasteiger partial charge in [-0.3, -0.25) is 14.4 Å². The minimum Gasteiger partial charge on any atom is -0.472 e. The average molecular weight is 557 g/mol. The Bertz CT molecular complexity index is 1310. The molecule has 216 valence electrons. The summed E-state index contributed by atoms with van der Waals surface area (Å²) < 4.78 is 33.2. The number of cyclic esters (lactones) is 1. The van der Waals surface area contributed by atoms with Crippen LogP contribution in [0.1, 0.15) is 94.7 Å². The molecule has 0 spiro atoms. The van der Waals surface area contributed by atoms with Crippen LogP contribution in [-0.4, -0.2) is 38.1 Å². The van der Waals surface area contributed by atoms with E-state index >= 15 is 0 Å². The Hall–Kier alpha value is -3.82. The van der Waals surface area contributed by atoms with Gasteiger partial charge < -0.3 is 27.8 Å². The summed E-state index contributed by atoms with van der Waals surface area (Å²) in [5, 5.41) is 0. The lowest BCUT2D eigenvalue weighted by atomic mass is 9.61. The van der Waals surface area contributed by atoms with E-state index in [2.05, 4.69) is 0 Å². The number of hydrogen-bond donors (Lipinski definition) is 0. The molecule has 0 fully saturated rings. The van der Waals surface area contributed by atoms with E-state index in [0.29, 0.717) is 28.2 Å². The maximum Gasteiger partial charge on any atom is 0.331 e. The van der Waals surface area contributed by atoms with Gasteiger partial charge in [0.25, 0.3) is 0 Å². The van der Waals surface area contributed by atoms with Crippen molar-refractivity contribution >= 4 is 29.5 Å². The number of esters is 4. The molecule has 2 aromatic heterocycles. The van der Waals surface area contributed by atoms with Crippen molar-refractivity contribution in [2.45, 2.75) is 72.0 Å². The summed E-state index contributed by atoms with van der Waals surface area (Å²) in [6.07, 6.45) is 3.33. The molecule has 1 aliphatic carbocycles. The van der Waals surface area contributed by atoms with Gasteiger partial charge >= 0.3 is 23.9 Å². The highest BCUT2D eigenvalue weighted by Gasteiger charge is 2.53. The quantitative estimate of drug-likeness (QED) is 0.306. The molecule has 5 unspecified atom stereocenters. The number of carbonyl (C=O) groups excluding carboxylic acids is 4. The van der Waals surface area contributed by atoms with E-state index in [4.69, 9.17) is 27.8 Å². The van der Waals surface area contributed by atoms with Gasteiger partial charge in [-0.1, -0.05) is 27.7 Å². The van der Waals surface area contributed by atoms with Crippen molar-refractivity contribution in [1.82, 2.24) is 0 Å². The van der Waals surface area contributed by atoms with Gasteiger partial charge in [0.2, 0.25) is 0 Å². The molecule has 0 saturated carbocycles. The number of fused-ring (bicyclic) bond motifs is 1. The number of ether oxygens (including phenoxy) is 4. The van der Waals surface area contributed by atoms with Crippen LogP contribution in [0.3, 0.4) is 0 Å². The molecule has 0 amide bonds. The molecule has 1 aliphatic heterocycles. The molecular formula is C30H36O10. The molecule has 0 aromatic carbocycles. The number of carbonyl (C=O) groups is 4. The van der Waals surface area contributed by atoms with Crippen molar-refractivity contribution in [3.63, 3.8) is 0 Å². The molecule has 2 aromatic rings. The number of methoxy groups -OCH3 is 2. The van der Waals surface area contributed by atoms with Gasteiger partial charge in [0, 0.05) is 59.3 Å². The van der Waals surface area contributed by atoms with E-state index in [1.807, 2.05) is 27.7 Å². The Kier molecular flexibility index (Phi) is 8.01. The predicted molar refractivity (Wildman–Crippen MR) is 140 cm³/mol. The van der Waals surface area contributed by atoms with Gasteiger partial charge in [0.1, 0.15) is 23.7 Å². The highest BCUT2D eigenvalue weighted by Crippen LogP contribution is 2.59. The van der Waals surface area contributed by atoms with E-state index in [-0.39, 0.29) is 37.1 Å². The van der Waals surface area contributed by atoms with Gasteiger partial charge in [-0.15, -0.1) is 0 Å². The maximum atomic E-state index is 12.9. The predicted octanol–water partition coefficient (Wildman–Crippen LogP) is 5.44. The lowest BCUT2D eigenvalue weighted by Gasteiger charge is -2.46. The Labute approximate surface area is 233 Å². The molecule has 0 radical (unpaired) electrons. The summed E-state index contributed by atoms with van der Waals surface area (Å²) in [6, 6.07) is 3.51. The van der Waals surface area contributed by atoms with Crippen molar-refractivity contribution in [2.24, 2.45) is 16.7 Å². The van der Waals surface area contributed by atoms with Crippen LogP contribution in [-0.2, 0) is 38.1 Å². The van der Waals surface area contributed by atoms with Crippen LogP contribution in [0.2, 0.25) is 0 Å².